The van der Waals surface area contributed by atoms with Gasteiger partial charge in [-0.2, -0.15) is 11.8 Å². The number of rotatable bonds is 5. The zero-order valence-electron chi connectivity index (χ0n) is 7.26. The summed E-state index contributed by atoms with van der Waals surface area (Å²) in [6.45, 7) is 6.66. The number of hydrogen-bond acceptors (Lipinski definition) is 1. The zero-order chi connectivity index (χ0) is 7.82. The van der Waals surface area contributed by atoms with Gasteiger partial charge in [-0.25, -0.2) is 0 Å². The molecule has 0 bridgehead atoms. The van der Waals surface area contributed by atoms with E-state index in [9.17, 15) is 0 Å². The van der Waals surface area contributed by atoms with Gasteiger partial charge in [0.2, 0.25) is 0 Å². The summed E-state index contributed by atoms with van der Waals surface area (Å²) >= 11 is 2.03. The minimum absolute atomic E-state index is 0.787. The third kappa shape index (κ3) is 8.09. The van der Waals surface area contributed by atoms with Crippen molar-refractivity contribution in [3.8, 4) is 0 Å². The lowest BCUT2D eigenvalue weighted by Gasteiger charge is -2.00. The normalized spacial score (nSPS) is 11.6. The summed E-state index contributed by atoms with van der Waals surface area (Å²) in [4.78, 5) is 0. The fraction of sp³-hybridized carbons (Fsp3) is 0.778. The molecule has 0 aliphatic carbocycles. The van der Waals surface area contributed by atoms with Crippen LogP contribution in [0.25, 0.3) is 0 Å². The maximum absolute atomic E-state index is 2.27. The first kappa shape index (κ1) is 10.1. The fourth-order valence-electron chi connectivity index (χ4n) is 0.656. The number of thioether (sulfide) groups is 1. The van der Waals surface area contributed by atoms with E-state index in [4.69, 9.17) is 0 Å². The highest BCUT2D eigenvalue weighted by Crippen LogP contribution is 2.10. The van der Waals surface area contributed by atoms with Gasteiger partial charge >= 0.3 is 0 Å². The van der Waals surface area contributed by atoms with Crippen molar-refractivity contribution in [3.05, 3.63) is 12.2 Å². The van der Waals surface area contributed by atoms with Gasteiger partial charge in [0, 0.05) is 0 Å². The summed E-state index contributed by atoms with van der Waals surface area (Å²) < 4.78 is 0. The molecular formula is C9H18S. The van der Waals surface area contributed by atoms with Crippen molar-refractivity contribution < 1.29 is 0 Å². The number of allylic oxidation sites excluding steroid dienone is 2. The molecule has 0 rings (SSSR count). The molecule has 0 heterocycles. The average Bonchev–Trinajstić information content (AvgIpc) is 1.87. The molecule has 10 heavy (non-hydrogen) atoms. The Labute approximate surface area is 69.1 Å². The van der Waals surface area contributed by atoms with Gasteiger partial charge in [0.25, 0.3) is 0 Å². The quantitative estimate of drug-likeness (QED) is 0.436. The van der Waals surface area contributed by atoms with Crippen LogP contribution in [-0.2, 0) is 0 Å². The Bertz CT molecular complexity index is 84.7. The van der Waals surface area contributed by atoms with Crippen LogP contribution in [0.15, 0.2) is 12.2 Å². The van der Waals surface area contributed by atoms with Gasteiger partial charge in [0.15, 0.2) is 0 Å². The largest absolute Gasteiger partial charge is 0.159 e. The van der Waals surface area contributed by atoms with E-state index in [1.54, 1.807) is 0 Å². The Hall–Kier alpha value is 0.0900. The van der Waals surface area contributed by atoms with E-state index in [1.807, 2.05) is 11.8 Å². The molecule has 0 amide bonds. The zero-order valence-corrected chi connectivity index (χ0v) is 8.08. The van der Waals surface area contributed by atoms with Gasteiger partial charge in [-0.1, -0.05) is 32.9 Å². The lowest BCUT2D eigenvalue weighted by atomic mass is 10.4. The van der Waals surface area contributed by atoms with Crippen LogP contribution in [0.5, 0.6) is 0 Å². The molecule has 0 nitrogen and oxygen atoms in total. The first-order chi connectivity index (χ1) is 4.77. The fourth-order valence-corrected chi connectivity index (χ4v) is 1.40. The lowest BCUT2D eigenvalue weighted by Crippen LogP contribution is -1.87. The van der Waals surface area contributed by atoms with Crippen molar-refractivity contribution in [3.63, 3.8) is 0 Å². The molecule has 0 fully saturated rings. The van der Waals surface area contributed by atoms with Gasteiger partial charge in [0.1, 0.15) is 0 Å². The SMILES string of the molecule is CC/C=C\CCSC(C)C. The Morgan fingerprint density at radius 3 is 2.50 bits per heavy atom. The highest BCUT2D eigenvalue weighted by Gasteiger charge is 1.90. The summed E-state index contributed by atoms with van der Waals surface area (Å²) in [5.74, 6) is 1.27. The molecule has 0 saturated carbocycles. The van der Waals surface area contributed by atoms with Crippen LogP contribution in [-0.4, -0.2) is 11.0 Å². The lowest BCUT2D eigenvalue weighted by molar-refractivity contribution is 1.10. The molecule has 0 spiro atoms. The van der Waals surface area contributed by atoms with Crippen molar-refractivity contribution in [1.29, 1.82) is 0 Å². The molecule has 1 heteroatoms. The molecule has 0 N–H and O–H groups in total. The second kappa shape index (κ2) is 7.20. The summed E-state index contributed by atoms with van der Waals surface area (Å²) in [5.41, 5.74) is 0. The maximum Gasteiger partial charge on any atom is -0.000957 e. The Kier molecular flexibility index (Phi) is 7.26. The molecule has 0 atom stereocenters. The predicted octanol–water partition coefficient (Wildman–Crippen LogP) is 3.48. The molecule has 0 aromatic heterocycles. The molecule has 0 radical (unpaired) electrons. The van der Waals surface area contributed by atoms with Crippen molar-refractivity contribution >= 4 is 11.8 Å². The van der Waals surface area contributed by atoms with Crippen LogP contribution in [0.2, 0.25) is 0 Å². The van der Waals surface area contributed by atoms with E-state index in [-0.39, 0.29) is 0 Å². The van der Waals surface area contributed by atoms with Crippen LogP contribution in [0.3, 0.4) is 0 Å². The molecular weight excluding hydrogens is 140 g/mol. The predicted molar refractivity (Wildman–Crippen MR) is 51.6 cm³/mol. The van der Waals surface area contributed by atoms with E-state index < -0.39 is 0 Å². The first-order valence-electron chi connectivity index (χ1n) is 4.04. The highest BCUT2D eigenvalue weighted by atomic mass is 32.2. The topological polar surface area (TPSA) is 0 Å². The summed E-state index contributed by atoms with van der Waals surface area (Å²) in [6, 6.07) is 0. The maximum atomic E-state index is 2.27. The standard InChI is InChI=1S/C9H18S/c1-4-5-6-7-8-10-9(2)3/h5-6,9H,4,7-8H2,1-3H3/b6-5-. The molecule has 0 unspecified atom stereocenters. The van der Waals surface area contributed by atoms with E-state index in [2.05, 4.69) is 32.9 Å². The van der Waals surface area contributed by atoms with Gasteiger partial charge < -0.3 is 0 Å². The summed E-state index contributed by atoms with van der Waals surface area (Å²) in [7, 11) is 0. The van der Waals surface area contributed by atoms with Crippen molar-refractivity contribution in [2.75, 3.05) is 5.75 Å². The van der Waals surface area contributed by atoms with Gasteiger partial charge in [-0.05, 0) is 23.8 Å². The van der Waals surface area contributed by atoms with Crippen LogP contribution < -0.4 is 0 Å². The van der Waals surface area contributed by atoms with Crippen LogP contribution in [0.4, 0.5) is 0 Å². The van der Waals surface area contributed by atoms with Crippen molar-refractivity contribution in [1.82, 2.24) is 0 Å². The van der Waals surface area contributed by atoms with Crippen LogP contribution in [0.1, 0.15) is 33.6 Å². The Balaban J connectivity index is 2.97. The number of hydrogen-bond donors (Lipinski definition) is 0. The third-order valence-corrected chi connectivity index (χ3v) is 2.28. The van der Waals surface area contributed by atoms with Crippen LogP contribution >= 0.6 is 11.8 Å². The Morgan fingerprint density at radius 1 is 1.30 bits per heavy atom. The van der Waals surface area contributed by atoms with Crippen LogP contribution in [0, 0.1) is 0 Å². The van der Waals surface area contributed by atoms with Gasteiger partial charge in [-0.15, -0.1) is 0 Å². The second-order valence-corrected chi connectivity index (χ2v) is 4.27. The first-order valence-corrected chi connectivity index (χ1v) is 5.08. The molecule has 0 aliphatic heterocycles. The minimum atomic E-state index is 0.787. The molecule has 0 aliphatic rings. The molecule has 60 valence electrons. The molecule has 0 saturated heterocycles. The third-order valence-electron chi connectivity index (χ3n) is 1.14. The van der Waals surface area contributed by atoms with E-state index in [0.717, 1.165) is 5.25 Å². The summed E-state index contributed by atoms with van der Waals surface area (Å²) in [6.07, 6.45) is 6.92. The highest BCUT2D eigenvalue weighted by molar-refractivity contribution is 7.99. The summed E-state index contributed by atoms with van der Waals surface area (Å²) in [5, 5.41) is 0.787. The average molecular weight is 158 g/mol. The molecule has 0 aromatic rings. The second-order valence-electron chi connectivity index (χ2n) is 2.59. The van der Waals surface area contributed by atoms with E-state index >= 15 is 0 Å². The minimum Gasteiger partial charge on any atom is -0.159 e. The Morgan fingerprint density at radius 2 is 2.00 bits per heavy atom. The monoisotopic (exact) mass is 158 g/mol. The van der Waals surface area contributed by atoms with E-state index in [0.29, 0.717) is 0 Å². The van der Waals surface area contributed by atoms with Crippen molar-refractivity contribution in [2.45, 2.75) is 38.9 Å². The molecule has 0 aromatic carbocycles. The van der Waals surface area contributed by atoms with E-state index in [1.165, 1.54) is 18.6 Å². The van der Waals surface area contributed by atoms with Crippen molar-refractivity contribution in [2.24, 2.45) is 0 Å². The van der Waals surface area contributed by atoms with Gasteiger partial charge in [0.05, 0.1) is 0 Å². The van der Waals surface area contributed by atoms with Gasteiger partial charge in [-0.3, -0.25) is 0 Å². The smallest absolute Gasteiger partial charge is 0.000957 e.